The first-order valence-corrected chi connectivity index (χ1v) is 11.0. The maximum atomic E-state index is 13.5. The second-order valence-corrected chi connectivity index (χ2v) is 8.01. The summed E-state index contributed by atoms with van der Waals surface area (Å²) < 4.78 is 8.28. The molecule has 4 aromatic carbocycles. The highest BCUT2D eigenvalue weighted by Crippen LogP contribution is 2.36. The summed E-state index contributed by atoms with van der Waals surface area (Å²) in [5, 5.41) is 4.44. The van der Waals surface area contributed by atoms with Crippen molar-refractivity contribution in [1.29, 1.82) is 0 Å². The largest absolute Gasteiger partial charge is 0.451 e. The fourth-order valence-electron chi connectivity index (χ4n) is 4.50. The minimum Gasteiger partial charge on any atom is -0.451 e. The summed E-state index contributed by atoms with van der Waals surface area (Å²) in [4.78, 5) is 13.5. The summed E-state index contributed by atoms with van der Waals surface area (Å²) in [5.74, 6) is -0.227. The number of ether oxygens (including phenoxy) is 1. The van der Waals surface area contributed by atoms with E-state index < -0.39 is 6.10 Å². The number of carbonyl (C=O) groups is 1. The first kappa shape index (κ1) is 20.1. The molecule has 0 aliphatic heterocycles. The Bertz CT molecular complexity index is 1280. The van der Waals surface area contributed by atoms with Crippen molar-refractivity contribution < 1.29 is 9.53 Å². The van der Waals surface area contributed by atoms with Crippen molar-refractivity contribution in [1.82, 2.24) is 4.57 Å². The van der Waals surface area contributed by atoms with Gasteiger partial charge in [0.2, 0.25) is 0 Å². The summed E-state index contributed by atoms with van der Waals surface area (Å²) in [6.07, 6.45) is 3.98. The Kier molecular flexibility index (Phi) is 5.47. The van der Waals surface area contributed by atoms with Crippen LogP contribution in [0.2, 0.25) is 0 Å². The Balaban J connectivity index is 1.66. The zero-order valence-corrected chi connectivity index (χ0v) is 18.0. The lowest BCUT2D eigenvalue weighted by atomic mass is 9.92. The number of hydrogen-bond donors (Lipinski definition) is 0. The van der Waals surface area contributed by atoms with Crippen molar-refractivity contribution in [3.63, 3.8) is 0 Å². The molecule has 0 radical (unpaired) electrons. The number of benzene rings is 4. The Morgan fingerprint density at radius 2 is 1.22 bits per heavy atom. The highest BCUT2D eigenvalue weighted by Gasteiger charge is 2.27. The molecule has 0 saturated heterocycles. The van der Waals surface area contributed by atoms with Gasteiger partial charge in [0.25, 0.3) is 0 Å². The molecule has 3 nitrogen and oxygen atoms in total. The molecule has 158 valence electrons. The van der Waals surface area contributed by atoms with Crippen LogP contribution in [0.25, 0.3) is 21.5 Å². The van der Waals surface area contributed by atoms with Crippen LogP contribution in [0.15, 0.2) is 109 Å². The van der Waals surface area contributed by atoms with Crippen LogP contribution in [-0.2, 0) is 9.53 Å². The van der Waals surface area contributed by atoms with Crippen LogP contribution < -0.4 is 0 Å². The van der Waals surface area contributed by atoms with Gasteiger partial charge in [0.05, 0.1) is 0 Å². The molecule has 0 aliphatic carbocycles. The van der Waals surface area contributed by atoms with Gasteiger partial charge in [0, 0.05) is 23.5 Å². The van der Waals surface area contributed by atoms with Crippen LogP contribution >= 0.6 is 0 Å². The third-order valence-electron chi connectivity index (χ3n) is 6.09. The molecule has 1 heterocycles. The molecule has 1 aromatic heterocycles. The Labute approximate surface area is 187 Å². The summed E-state index contributed by atoms with van der Waals surface area (Å²) in [7, 11) is 0. The van der Waals surface area contributed by atoms with Gasteiger partial charge in [0.15, 0.2) is 6.10 Å². The molecule has 0 N–H and O–H groups in total. The van der Waals surface area contributed by atoms with E-state index in [1.54, 1.807) is 0 Å². The molecule has 1 atom stereocenters. The topological polar surface area (TPSA) is 31.2 Å². The van der Waals surface area contributed by atoms with Crippen LogP contribution in [0.5, 0.6) is 0 Å². The second kappa shape index (κ2) is 8.72. The quantitative estimate of drug-likeness (QED) is 0.275. The third-order valence-corrected chi connectivity index (χ3v) is 6.09. The van der Waals surface area contributed by atoms with E-state index in [0.29, 0.717) is 6.42 Å². The molecule has 5 aromatic rings. The second-order valence-electron chi connectivity index (χ2n) is 8.01. The number of aromatic nitrogens is 1. The van der Waals surface area contributed by atoms with Crippen LogP contribution in [0.4, 0.5) is 0 Å². The summed E-state index contributed by atoms with van der Waals surface area (Å²) in [6.45, 7) is 2.01. The van der Waals surface area contributed by atoms with Crippen LogP contribution in [0, 0.1) is 0 Å². The number of esters is 1. The SMILES string of the molecule is CC[C@H](C(=O)OC(c1cccc2ccccc12)c1cccc2ccccc12)n1cccc1. The molecule has 32 heavy (non-hydrogen) atoms. The van der Waals surface area contributed by atoms with E-state index >= 15 is 0 Å². The summed E-state index contributed by atoms with van der Waals surface area (Å²) in [5.41, 5.74) is 1.99. The average molecular weight is 420 g/mol. The molecule has 0 spiro atoms. The van der Waals surface area contributed by atoms with Crippen LogP contribution in [0.3, 0.4) is 0 Å². The minimum absolute atomic E-state index is 0.227. The average Bonchev–Trinajstić information content (AvgIpc) is 3.37. The van der Waals surface area contributed by atoms with Crippen molar-refractivity contribution in [2.75, 3.05) is 0 Å². The highest BCUT2D eigenvalue weighted by atomic mass is 16.5. The molecule has 0 saturated carbocycles. The summed E-state index contributed by atoms with van der Waals surface area (Å²) in [6, 6.07) is 32.4. The van der Waals surface area contributed by atoms with Gasteiger partial charge in [-0.25, -0.2) is 4.79 Å². The van der Waals surface area contributed by atoms with E-state index in [9.17, 15) is 4.79 Å². The van der Waals surface area contributed by atoms with E-state index in [1.165, 1.54) is 0 Å². The lowest BCUT2D eigenvalue weighted by Crippen LogP contribution is -2.23. The van der Waals surface area contributed by atoms with Crippen molar-refractivity contribution in [2.24, 2.45) is 0 Å². The van der Waals surface area contributed by atoms with Gasteiger partial charge in [-0.1, -0.05) is 91.9 Å². The monoisotopic (exact) mass is 419 g/mol. The molecule has 0 aliphatic rings. The van der Waals surface area contributed by atoms with Crippen LogP contribution in [0.1, 0.15) is 36.6 Å². The summed E-state index contributed by atoms with van der Waals surface area (Å²) >= 11 is 0. The Morgan fingerprint density at radius 1 is 0.719 bits per heavy atom. The standard InChI is InChI=1S/C29H25NO2/c1-2-27(30-19-7-8-20-30)29(31)32-28(25-17-9-13-21-11-3-5-15-23(21)25)26-18-10-14-22-12-4-6-16-24(22)26/h3-20,27-28H,2H2,1H3/t27-/m1/s1. The van der Waals surface area contributed by atoms with E-state index in [0.717, 1.165) is 32.7 Å². The highest BCUT2D eigenvalue weighted by molar-refractivity contribution is 5.90. The molecule has 0 unspecified atom stereocenters. The van der Waals surface area contributed by atoms with Gasteiger partial charge in [-0.15, -0.1) is 0 Å². The number of hydrogen-bond acceptors (Lipinski definition) is 2. The fraction of sp³-hybridized carbons (Fsp3) is 0.138. The van der Waals surface area contributed by atoms with E-state index in [2.05, 4.69) is 48.5 Å². The number of carbonyl (C=O) groups excluding carboxylic acids is 1. The predicted octanol–water partition coefficient (Wildman–Crippen LogP) is 7.08. The van der Waals surface area contributed by atoms with Gasteiger partial charge in [-0.05, 0) is 40.1 Å². The smallest absolute Gasteiger partial charge is 0.330 e. The van der Waals surface area contributed by atoms with E-state index in [1.807, 2.05) is 72.4 Å². The van der Waals surface area contributed by atoms with Crippen molar-refractivity contribution in [3.05, 3.63) is 121 Å². The maximum absolute atomic E-state index is 13.5. The zero-order chi connectivity index (χ0) is 21.9. The third kappa shape index (κ3) is 3.67. The Hall–Kier alpha value is -3.85. The maximum Gasteiger partial charge on any atom is 0.330 e. The Morgan fingerprint density at radius 3 is 1.75 bits per heavy atom. The molecular weight excluding hydrogens is 394 g/mol. The van der Waals surface area contributed by atoms with Crippen LogP contribution in [-0.4, -0.2) is 10.5 Å². The zero-order valence-electron chi connectivity index (χ0n) is 18.0. The minimum atomic E-state index is -0.510. The normalized spacial score (nSPS) is 12.3. The number of rotatable bonds is 6. The number of fused-ring (bicyclic) bond motifs is 2. The molecule has 5 rings (SSSR count). The van der Waals surface area contributed by atoms with Crippen molar-refractivity contribution in [3.8, 4) is 0 Å². The van der Waals surface area contributed by atoms with Gasteiger partial charge < -0.3 is 9.30 Å². The lowest BCUT2D eigenvalue weighted by Gasteiger charge is -2.25. The molecule has 0 fully saturated rings. The first-order valence-electron chi connectivity index (χ1n) is 11.0. The van der Waals surface area contributed by atoms with E-state index in [-0.39, 0.29) is 12.0 Å². The fourth-order valence-corrected chi connectivity index (χ4v) is 4.50. The molecular formula is C29H25NO2. The van der Waals surface area contributed by atoms with Gasteiger partial charge in [-0.2, -0.15) is 0 Å². The van der Waals surface area contributed by atoms with E-state index in [4.69, 9.17) is 4.74 Å². The lowest BCUT2D eigenvalue weighted by molar-refractivity contribution is -0.151. The van der Waals surface area contributed by atoms with Gasteiger partial charge in [0.1, 0.15) is 6.04 Å². The van der Waals surface area contributed by atoms with Gasteiger partial charge >= 0.3 is 5.97 Å². The predicted molar refractivity (Wildman–Crippen MR) is 130 cm³/mol. The molecule has 0 bridgehead atoms. The first-order chi connectivity index (χ1) is 15.8. The molecule has 0 amide bonds. The van der Waals surface area contributed by atoms with Crippen molar-refractivity contribution >= 4 is 27.5 Å². The van der Waals surface area contributed by atoms with Crippen molar-refractivity contribution in [2.45, 2.75) is 25.5 Å². The van der Waals surface area contributed by atoms with Gasteiger partial charge in [-0.3, -0.25) is 0 Å². The number of nitrogens with zero attached hydrogens (tertiary/aromatic N) is 1. The molecule has 3 heteroatoms.